The molecule has 0 aliphatic carbocycles. The first-order valence-electron chi connectivity index (χ1n) is 5.95. The highest BCUT2D eigenvalue weighted by atomic mass is 16.4. The Bertz CT molecular complexity index is 289. The van der Waals surface area contributed by atoms with E-state index in [1.165, 1.54) is 6.92 Å². The van der Waals surface area contributed by atoms with Gasteiger partial charge in [-0.1, -0.05) is 27.2 Å². The first kappa shape index (κ1) is 15.9. The van der Waals surface area contributed by atoms with Gasteiger partial charge in [0, 0.05) is 5.41 Å². The van der Waals surface area contributed by atoms with E-state index in [1.807, 2.05) is 6.92 Å². The van der Waals surface area contributed by atoms with Gasteiger partial charge < -0.3 is 16.2 Å². The van der Waals surface area contributed by atoms with Crippen molar-refractivity contribution in [2.75, 3.05) is 6.54 Å². The highest BCUT2D eigenvalue weighted by Crippen LogP contribution is 2.22. The molecule has 0 fully saturated rings. The first-order valence-corrected chi connectivity index (χ1v) is 5.95. The van der Waals surface area contributed by atoms with Crippen molar-refractivity contribution in [3.8, 4) is 0 Å². The molecule has 0 aliphatic heterocycles. The van der Waals surface area contributed by atoms with Crippen molar-refractivity contribution in [3.05, 3.63) is 0 Å². The summed E-state index contributed by atoms with van der Waals surface area (Å²) in [5, 5.41) is 11.8. The topological polar surface area (TPSA) is 92.4 Å². The Labute approximate surface area is 103 Å². The van der Waals surface area contributed by atoms with Gasteiger partial charge in [-0.2, -0.15) is 0 Å². The fourth-order valence-corrected chi connectivity index (χ4v) is 1.62. The van der Waals surface area contributed by atoms with Crippen LogP contribution >= 0.6 is 0 Å². The van der Waals surface area contributed by atoms with Crippen LogP contribution in [0, 0.1) is 5.41 Å². The van der Waals surface area contributed by atoms with Crippen molar-refractivity contribution >= 4 is 11.9 Å². The molecule has 0 rings (SSSR count). The van der Waals surface area contributed by atoms with E-state index < -0.39 is 16.9 Å². The third-order valence-electron chi connectivity index (χ3n) is 3.00. The van der Waals surface area contributed by atoms with Crippen LogP contribution in [0.25, 0.3) is 0 Å². The van der Waals surface area contributed by atoms with Gasteiger partial charge in [-0.05, 0) is 26.3 Å². The molecule has 100 valence electrons. The molecule has 4 N–H and O–H groups in total. The monoisotopic (exact) mass is 244 g/mol. The lowest BCUT2D eigenvalue weighted by molar-refractivity contribution is -0.149. The number of aliphatic carboxylic acids is 1. The summed E-state index contributed by atoms with van der Waals surface area (Å²) in [5.74, 6) is -1.27. The molecule has 0 aromatic carbocycles. The number of rotatable bonds is 7. The standard InChI is InChI=1S/C12H24N2O3/c1-5-6-12(4,10(16)17)14-9(15)11(2,3)7-8-13/h5-8,13H2,1-4H3,(H,14,15)(H,16,17). The van der Waals surface area contributed by atoms with Gasteiger partial charge in [0.2, 0.25) is 5.91 Å². The molecular weight excluding hydrogens is 220 g/mol. The maximum atomic E-state index is 12.0. The average Bonchev–Trinajstić information content (AvgIpc) is 2.17. The molecule has 5 nitrogen and oxygen atoms in total. The van der Waals surface area contributed by atoms with Crippen molar-refractivity contribution in [1.29, 1.82) is 0 Å². The number of nitrogens with two attached hydrogens (primary N) is 1. The Morgan fingerprint density at radius 3 is 2.12 bits per heavy atom. The van der Waals surface area contributed by atoms with Crippen LogP contribution in [0.2, 0.25) is 0 Å². The normalized spacial score (nSPS) is 15.1. The summed E-state index contributed by atoms with van der Waals surface area (Å²) in [4.78, 5) is 23.2. The van der Waals surface area contributed by atoms with Crippen LogP contribution in [0.5, 0.6) is 0 Å². The summed E-state index contributed by atoms with van der Waals surface area (Å²) in [5.41, 5.74) is 3.60. The second-order valence-corrected chi connectivity index (χ2v) is 5.26. The Morgan fingerprint density at radius 1 is 1.24 bits per heavy atom. The van der Waals surface area contributed by atoms with E-state index in [2.05, 4.69) is 5.32 Å². The molecule has 0 aliphatic rings. The lowest BCUT2D eigenvalue weighted by atomic mass is 9.86. The largest absolute Gasteiger partial charge is 0.480 e. The summed E-state index contributed by atoms with van der Waals surface area (Å²) in [6.07, 6.45) is 1.63. The fraction of sp³-hybridized carbons (Fsp3) is 0.833. The van der Waals surface area contributed by atoms with Crippen LogP contribution in [0.15, 0.2) is 0 Å². The van der Waals surface area contributed by atoms with E-state index in [9.17, 15) is 9.59 Å². The van der Waals surface area contributed by atoms with E-state index in [-0.39, 0.29) is 5.91 Å². The maximum Gasteiger partial charge on any atom is 0.329 e. The van der Waals surface area contributed by atoms with Gasteiger partial charge in [-0.3, -0.25) is 4.79 Å². The third kappa shape index (κ3) is 4.34. The van der Waals surface area contributed by atoms with Gasteiger partial charge in [0.1, 0.15) is 5.54 Å². The second kappa shape index (κ2) is 6.00. The highest BCUT2D eigenvalue weighted by molar-refractivity contribution is 5.89. The number of carboxylic acid groups (broad SMARTS) is 1. The van der Waals surface area contributed by atoms with Gasteiger partial charge in [0.25, 0.3) is 0 Å². The zero-order chi connectivity index (χ0) is 13.7. The SMILES string of the molecule is CCCC(C)(NC(=O)C(C)(C)CCN)C(=O)O. The number of carboxylic acids is 1. The average molecular weight is 244 g/mol. The summed E-state index contributed by atoms with van der Waals surface area (Å²) in [7, 11) is 0. The molecule has 1 unspecified atom stereocenters. The van der Waals surface area contributed by atoms with Gasteiger partial charge in [0.05, 0.1) is 0 Å². The van der Waals surface area contributed by atoms with Gasteiger partial charge >= 0.3 is 5.97 Å². The van der Waals surface area contributed by atoms with Crippen LogP contribution in [-0.4, -0.2) is 29.1 Å². The van der Waals surface area contributed by atoms with Crippen molar-refractivity contribution in [1.82, 2.24) is 5.32 Å². The lowest BCUT2D eigenvalue weighted by Crippen LogP contribution is -2.55. The summed E-state index contributed by atoms with van der Waals surface area (Å²) < 4.78 is 0. The molecule has 1 amide bonds. The number of hydrogen-bond acceptors (Lipinski definition) is 3. The molecule has 0 radical (unpaired) electrons. The molecule has 0 heterocycles. The molecular formula is C12H24N2O3. The number of carbonyl (C=O) groups excluding carboxylic acids is 1. The second-order valence-electron chi connectivity index (χ2n) is 5.26. The zero-order valence-electron chi connectivity index (χ0n) is 11.2. The third-order valence-corrected chi connectivity index (χ3v) is 3.00. The van der Waals surface area contributed by atoms with Crippen LogP contribution in [0.1, 0.15) is 47.0 Å². The summed E-state index contributed by atoms with van der Waals surface area (Å²) in [6.45, 7) is 7.36. The van der Waals surface area contributed by atoms with Crippen molar-refractivity contribution in [2.45, 2.75) is 52.5 Å². The van der Waals surface area contributed by atoms with Crippen LogP contribution in [0.3, 0.4) is 0 Å². The number of carbonyl (C=O) groups is 2. The molecule has 0 spiro atoms. The Balaban J connectivity index is 4.78. The molecule has 0 bridgehead atoms. The summed E-state index contributed by atoms with van der Waals surface area (Å²) >= 11 is 0. The van der Waals surface area contributed by atoms with E-state index >= 15 is 0 Å². The van der Waals surface area contributed by atoms with Gasteiger partial charge in [-0.15, -0.1) is 0 Å². The highest BCUT2D eigenvalue weighted by Gasteiger charge is 2.38. The maximum absolute atomic E-state index is 12.0. The molecule has 0 saturated carbocycles. The fourth-order valence-electron chi connectivity index (χ4n) is 1.62. The number of amides is 1. The number of hydrogen-bond donors (Lipinski definition) is 3. The minimum atomic E-state index is -1.20. The molecule has 0 aromatic heterocycles. The van der Waals surface area contributed by atoms with E-state index in [4.69, 9.17) is 10.8 Å². The minimum Gasteiger partial charge on any atom is -0.480 e. The summed E-state index contributed by atoms with van der Waals surface area (Å²) in [6, 6.07) is 0. The molecule has 0 saturated heterocycles. The van der Waals surface area contributed by atoms with Crippen molar-refractivity contribution in [2.24, 2.45) is 11.1 Å². The molecule has 1 atom stereocenters. The van der Waals surface area contributed by atoms with Crippen LogP contribution < -0.4 is 11.1 Å². The van der Waals surface area contributed by atoms with Crippen LogP contribution in [-0.2, 0) is 9.59 Å². The Morgan fingerprint density at radius 2 is 1.76 bits per heavy atom. The Hall–Kier alpha value is -1.10. The molecule has 17 heavy (non-hydrogen) atoms. The molecule has 0 aromatic rings. The zero-order valence-corrected chi connectivity index (χ0v) is 11.2. The molecule has 5 heteroatoms. The Kier molecular flexibility index (Phi) is 5.61. The predicted molar refractivity (Wildman–Crippen MR) is 66.5 cm³/mol. The minimum absolute atomic E-state index is 0.263. The first-order chi connectivity index (χ1) is 7.69. The van der Waals surface area contributed by atoms with Gasteiger partial charge in [-0.25, -0.2) is 4.79 Å². The van der Waals surface area contributed by atoms with Crippen molar-refractivity contribution in [3.63, 3.8) is 0 Å². The smallest absolute Gasteiger partial charge is 0.329 e. The van der Waals surface area contributed by atoms with E-state index in [0.29, 0.717) is 25.8 Å². The quantitative estimate of drug-likeness (QED) is 0.625. The lowest BCUT2D eigenvalue weighted by Gasteiger charge is -2.31. The van der Waals surface area contributed by atoms with E-state index in [0.717, 1.165) is 0 Å². The van der Waals surface area contributed by atoms with Crippen LogP contribution in [0.4, 0.5) is 0 Å². The number of nitrogens with one attached hydrogen (secondary N) is 1. The predicted octanol–water partition coefficient (Wildman–Crippen LogP) is 1.12. The van der Waals surface area contributed by atoms with Gasteiger partial charge in [0.15, 0.2) is 0 Å². The van der Waals surface area contributed by atoms with E-state index in [1.54, 1.807) is 13.8 Å². The van der Waals surface area contributed by atoms with Crippen molar-refractivity contribution < 1.29 is 14.7 Å².